The van der Waals surface area contributed by atoms with E-state index in [-0.39, 0.29) is 17.8 Å². The average Bonchev–Trinajstić information content (AvgIpc) is 2.23. The lowest BCUT2D eigenvalue weighted by Crippen LogP contribution is -2.13. The van der Waals surface area contributed by atoms with E-state index in [1.54, 1.807) is 6.92 Å². The summed E-state index contributed by atoms with van der Waals surface area (Å²) >= 11 is 0. The zero-order chi connectivity index (χ0) is 12.8. The molecule has 0 radical (unpaired) electrons. The molecule has 0 aliphatic heterocycles. The molecule has 0 aliphatic carbocycles. The topological polar surface area (TPSA) is 81.5 Å². The number of aromatic carboxylic acids is 1. The van der Waals surface area contributed by atoms with Gasteiger partial charge in [0.05, 0.1) is 12.7 Å². The molecule has 0 saturated heterocycles. The van der Waals surface area contributed by atoms with Crippen LogP contribution in [0.4, 0.5) is 0 Å². The molecule has 0 saturated carbocycles. The Labute approximate surface area is 99.6 Å². The van der Waals surface area contributed by atoms with Gasteiger partial charge in [0.1, 0.15) is 6.61 Å². The molecular formula is C11H16N2O4. The summed E-state index contributed by atoms with van der Waals surface area (Å²) in [6, 6.07) is 1.45. The number of rotatable bonds is 6. The zero-order valence-electron chi connectivity index (χ0n) is 10.1. The molecule has 0 aliphatic rings. The van der Waals surface area contributed by atoms with Crippen LogP contribution < -0.4 is 4.74 Å². The van der Waals surface area contributed by atoms with Gasteiger partial charge in [0.2, 0.25) is 0 Å². The van der Waals surface area contributed by atoms with Gasteiger partial charge in [-0.1, -0.05) is 0 Å². The molecule has 1 aromatic rings. The number of hydrogen-bond acceptors (Lipinski definition) is 5. The Morgan fingerprint density at radius 1 is 1.41 bits per heavy atom. The molecule has 0 spiro atoms. The summed E-state index contributed by atoms with van der Waals surface area (Å²) in [4.78, 5) is 18.5. The third kappa shape index (κ3) is 4.78. The number of carboxylic acid groups (broad SMARTS) is 1. The molecule has 0 amide bonds. The molecule has 0 bridgehead atoms. The second-order valence-electron chi connectivity index (χ2n) is 3.75. The Balaban J connectivity index is 2.56. The minimum Gasteiger partial charge on any atom is -0.477 e. The second kappa shape index (κ2) is 6.15. The molecule has 0 aromatic carbocycles. The standard InChI is InChI=1S/C11H16N2O4/c1-7(2)16-4-5-17-11-12-8(3)6-9(13-11)10(14)15/h6-7H,4-5H2,1-3H3,(H,14,15). The Morgan fingerprint density at radius 2 is 2.12 bits per heavy atom. The number of ether oxygens (including phenoxy) is 2. The molecular weight excluding hydrogens is 224 g/mol. The number of aryl methyl sites for hydroxylation is 1. The highest BCUT2D eigenvalue weighted by Gasteiger charge is 2.09. The van der Waals surface area contributed by atoms with E-state index in [0.717, 1.165) is 0 Å². The van der Waals surface area contributed by atoms with Crippen molar-refractivity contribution in [3.63, 3.8) is 0 Å². The molecule has 1 heterocycles. The first-order valence-electron chi connectivity index (χ1n) is 5.32. The van der Waals surface area contributed by atoms with Crippen molar-refractivity contribution < 1.29 is 19.4 Å². The van der Waals surface area contributed by atoms with E-state index in [2.05, 4.69) is 9.97 Å². The molecule has 0 fully saturated rings. The summed E-state index contributed by atoms with van der Waals surface area (Å²) in [6.07, 6.45) is 0.131. The second-order valence-corrected chi connectivity index (χ2v) is 3.75. The fourth-order valence-corrected chi connectivity index (χ4v) is 1.13. The summed E-state index contributed by atoms with van der Waals surface area (Å²) in [5.74, 6) is -1.10. The number of carbonyl (C=O) groups is 1. The smallest absolute Gasteiger partial charge is 0.354 e. The van der Waals surface area contributed by atoms with Crippen LogP contribution in [0.1, 0.15) is 30.0 Å². The van der Waals surface area contributed by atoms with Crippen LogP contribution in [-0.2, 0) is 4.74 Å². The summed E-state index contributed by atoms with van der Waals surface area (Å²) in [5, 5.41) is 8.81. The van der Waals surface area contributed by atoms with E-state index in [4.69, 9.17) is 14.6 Å². The van der Waals surface area contributed by atoms with E-state index in [1.807, 2.05) is 13.8 Å². The Bertz CT molecular complexity index is 393. The highest BCUT2D eigenvalue weighted by atomic mass is 16.5. The molecule has 0 atom stereocenters. The highest BCUT2D eigenvalue weighted by molar-refractivity contribution is 5.85. The monoisotopic (exact) mass is 240 g/mol. The van der Waals surface area contributed by atoms with Crippen LogP contribution in [-0.4, -0.2) is 40.4 Å². The van der Waals surface area contributed by atoms with Gasteiger partial charge in [-0.3, -0.25) is 0 Å². The average molecular weight is 240 g/mol. The Morgan fingerprint density at radius 3 is 2.71 bits per heavy atom. The van der Waals surface area contributed by atoms with Crippen molar-refractivity contribution in [2.75, 3.05) is 13.2 Å². The van der Waals surface area contributed by atoms with Crippen molar-refractivity contribution in [1.29, 1.82) is 0 Å². The van der Waals surface area contributed by atoms with Crippen molar-refractivity contribution in [2.24, 2.45) is 0 Å². The summed E-state index contributed by atoms with van der Waals surface area (Å²) < 4.78 is 10.5. The lowest BCUT2D eigenvalue weighted by atomic mass is 10.3. The van der Waals surface area contributed by atoms with Gasteiger partial charge >= 0.3 is 12.0 Å². The van der Waals surface area contributed by atoms with Crippen molar-refractivity contribution in [2.45, 2.75) is 26.9 Å². The quantitative estimate of drug-likeness (QED) is 0.754. The molecule has 1 N–H and O–H groups in total. The van der Waals surface area contributed by atoms with E-state index < -0.39 is 5.97 Å². The number of nitrogens with zero attached hydrogens (tertiary/aromatic N) is 2. The molecule has 6 nitrogen and oxygen atoms in total. The van der Waals surface area contributed by atoms with Crippen molar-refractivity contribution in [3.8, 4) is 6.01 Å². The van der Waals surface area contributed by atoms with Gasteiger partial charge in [0.15, 0.2) is 5.69 Å². The van der Waals surface area contributed by atoms with E-state index in [1.165, 1.54) is 6.07 Å². The maximum atomic E-state index is 10.8. The number of hydrogen-bond donors (Lipinski definition) is 1. The number of carboxylic acids is 1. The van der Waals surface area contributed by atoms with Crippen molar-refractivity contribution in [1.82, 2.24) is 9.97 Å². The zero-order valence-corrected chi connectivity index (χ0v) is 10.1. The van der Waals surface area contributed by atoms with Crippen LogP contribution in [0.25, 0.3) is 0 Å². The molecule has 1 aromatic heterocycles. The molecule has 17 heavy (non-hydrogen) atoms. The SMILES string of the molecule is Cc1cc(C(=O)O)nc(OCCOC(C)C)n1. The fourth-order valence-electron chi connectivity index (χ4n) is 1.13. The van der Waals surface area contributed by atoms with Crippen molar-refractivity contribution >= 4 is 5.97 Å². The van der Waals surface area contributed by atoms with E-state index in [0.29, 0.717) is 18.9 Å². The third-order valence-electron chi connectivity index (χ3n) is 1.82. The summed E-state index contributed by atoms with van der Waals surface area (Å²) in [5.41, 5.74) is 0.481. The molecule has 1 rings (SSSR count). The van der Waals surface area contributed by atoms with E-state index in [9.17, 15) is 4.79 Å². The summed E-state index contributed by atoms with van der Waals surface area (Å²) in [6.45, 7) is 6.24. The van der Waals surface area contributed by atoms with Gasteiger partial charge in [-0.15, -0.1) is 0 Å². The van der Waals surface area contributed by atoms with Crippen LogP contribution >= 0.6 is 0 Å². The highest BCUT2D eigenvalue weighted by Crippen LogP contribution is 2.07. The Hall–Kier alpha value is -1.69. The van der Waals surface area contributed by atoms with Gasteiger partial charge in [0, 0.05) is 5.69 Å². The fraction of sp³-hybridized carbons (Fsp3) is 0.545. The first kappa shape index (κ1) is 13.4. The predicted molar refractivity (Wildman–Crippen MR) is 60.3 cm³/mol. The van der Waals surface area contributed by atoms with Crippen molar-refractivity contribution in [3.05, 3.63) is 17.5 Å². The van der Waals surface area contributed by atoms with Crippen LogP contribution in [0.5, 0.6) is 6.01 Å². The maximum Gasteiger partial charge on any atom is 0.354 e. The lowest BCUT2D eigenvalue weighted by Gasteiger charge is -2.08. The van der Waals surface area contributed by atoms with Gasteiger partial charge in [0.25, 0.3) is 0 Å². The van der Waals surface area contributed by atoms with Gasteiger partial charge in [-0.05, 0) is 26.8 Å². The van der Waals surface area contributed by atoms with Crippen LogP contribution in [0.2, 0.25) is 0 Å². The van der Waals surface area contributed by atoms with Crippen LogP contribution in [0, 0.1) is 6.92 Å². The molecule has 0 unspecified atom stereocenters. The maximum absolute atomic E-state index is 10.8. The first-order valence-corrected chi connectivity index (χ1v) is 5.32. The lowest BCUT2D eigenvalue weighted by molar-refractivity contribution is 0.0528. The van der Waals surface area contributed by atoms with Crippen LogP contribution in [0.3, 0.4) is 0 Å². The minimum absolute atomic E-state index is 0.0646. The largest absolute Gasteiger partial charge is 0.477 e. The summed E-state index contributed by atoms with van der Waals surface area (Å²) in [7, 11) is 0. The Kier molecular flexibility index (Phi) is 4.84. The third-order valence-corrected chi connectivity index (χ3v) is 1.82. The van der Waals surface area contributed by atoms with E-state index >= 15 is 0 Å². The normalized spacial score (nSPS) is 10.6. The molecule has 94 valence electrons. The van der Waals surface area contributed by atoms with Gasteiger partial charge in [-0.2, -0.15) is 4.98 Å². The first-order chi connectivity index (χ1) is 7.99. The van der Waals surface area contributed by atoms with Gasteiger partial charge in [-0.25, -0.2) is 9.78 Å². The van der Waals surface area contributed by atoms with Crippen LogP contribution in [0.15, 0.2) is 6.07 Å². The molecule has 6 heteroatoms. The van der Waals surface area contributed by atoms with Gasteiger partial charge < -0.3 is 14.6 Å². The predicted octanol–water partition coefficient (Wildman–Crippen LogP) is 1.29. The minimum atomic E-state index is -1.10. The number of aromatic nitrogens is 2.